The van der Waals surface area contributed by atoms with Crippen LogP contribution in [0.3, 0.4) is 0 Å². The predicted octanol–water partition coefficient (Wildman–Crippen LogP) is 2.56. The Hall–Kier alpha value is -2.48. The normalized spacial score (nSPS) is 11.0. The quantitative estimate of drug-likeness (QED) is 0.713. The van der Waals surface area contributed by atoms with Crippen molar-refractivity contribution in [2.24, 2.45) is 0 Å². The highest BCUT2D eigenvalue weighted by Crippen LogP contribution is 2.16. The van der Waals surface area contributed by atoms with E-state index in [1.54, 1.807) is 34.6 Å². The summed E-state index contributed by atoms with van der Waals surface area (Å²) in [7, 11) is 0. The van der Waals surface area contributed by atoms with Crippen LogP contribution in [0.4, 0.5) is 9.59 Å². The Morgan fingerprint density at radius 3 is 2.21 bits per heavy atom. The van der Waals surface area contributed by atoms with E-state index in [1.807, 2.05) is 12.1 Å². The first-order valence-corrected chi connectivity index (χ1v) is 7.69. The zero-order valence-electron chi connectivity index (χ0n) is 15.0. The van der Waals surface area contributed by atoms with Gasteiger partial charge in [-0.25, -0.2) is 9.59 Å². The second kappa shape index (κ2) is 9.61. The molecule has 0 atom stereocenters. The standard InChI is InChI=1S/C16H26N4O4/c1-15(2,3)24-14(22)20(11-9-18)12-10-19-13(21)23-16(4,5)7-6-8-17/h6-7,10-12H2,1-5H3,(H,19,21). The molecule has 134 valence electrons. The van der Waals surface area contributed by atoms with E-state index in [9.17, 15) is 9.59 Å². The van der Waals surface area contributed by atoms with Crippen LogP contribution < -0.4 is 5.32 Å². The monoisotopic (exact) mass is 338 g/mol. The highest BCUT2D eigenvalue weighted by Gasteiger charge is 2.24. The van der Waals surface area contributed by atoms with Crippen molar-refractivity contribution in [1.82, 2.24) is 10.2 Å². The van der Waals surface area contributed by atoms with Crippen molar-refractivity contribution in [3.8, 4) is 12.1 Å². The molecule has 0 fully saturated rings. The molecule has 0 spiro atoms. The molecular formula is C16H26N4O4. The molecule has 8 heteroatoms. The van der Waals surface area contributed by atoms with Gasteiger partial charge in [-0.1, -0.05) is 0 Å². The maximum Gasteiger partial charge on any atom is 0.411 e. The number of nitriles is 2. The van der Waals surface area contributed by atoms with Crippen LogP contribution in [-0.2, 0) is 9.47 Å². The van der Waals surface area contributed by atoms with Crippen molar-refractivity contribution >= 4 is 12.2 Å². The van der Waals surface area contributed by atoms with E-state index < -0.39 is 23.4 Å². The Morgan fingerprint density at radius 2 is 1.71 bits per heavy atom. The Kier molecular flexibility index (Phi) is 8.62. The first-order chi connectivity index (χ1) is 11.0. The zero-order valence-corrected chi connectivity index (χ0v) is 15.0. The molecule has 0 bridgehead atoms. The molecule has 0 aromatic carbocycles. The lowest BCUT2D eigenvalue weighted by Crippen LogP contribution is -2.42. The number of alkyl carbamates (subject to hydrolysis) is 1. The molecule has 0 aliphatic heterocycles. The van der Waals surface area contributed by atoms with E-state index in [0.717, 1.165) is 0 Å². The van der Waals surface area contributed by atoms with E-state index in [-0.39, 0.29) is 26.1 Å². The van der Waals surface area contributed by atoms with Crippen LogP contribution >= 0.6 is 0 Å². The van der Waals surface area contributed by atoms with Crippen molar-refractivity contribution in [3.63, 3.8) is 0 Å². The Bertz CT molecular complexity index is 512. The van der Waals surface area contributed by atoms with Crippen LogP contribution in [0.5, 0.6) is 0 Å². The lowest BCUT2D eigenvalue weighted by atomic mass is 10.0. The number of hydrogen-bond acceptors (Lipinski definition) is 6. The van der Waals surface area contributed by atoms with Crippen LogP contribution in [-0.4, -0.2) is 47.9 Å². The first kappa shape index (κ1) is 21.5. The molecule has 8 nitrogen and oxygen atoms in total. The van der Waals surface area contributed by atoms with Crippen molar-refractivity contribution in [2.75, 3.05) is 19.6 Å². The molecule has 0 aliphatic carbocycles. The minimum absolute atomic E-state index is 0.119. The minimum atomic E-state index is -0.753. The molecule has 2 amide bonds. The highest BCUT2D eigenvalue weighted by atomic mass is 16.6. The Morgan fingerprint density at radius 1 is 1.08 bits per heavy atom. The molecule has 0 aromatic heterocycles. The van der Waals surface area contributed by atoms with Crippen LogP contribution in [0.1, 0.15) is 47.5 Å². The van der Waals surface area contributed by atoms with Gasteiger partial charge in [-0.15, -0.1) is 0 Å². The van der Waals surface area contributed by atoms with Gasteiger partial charge in [-0.05, 0) is 41.0 Å². The second-order valence-electron chi connectivity index (χ2n) is 6.79. The molecule has 0 saturated carbocycles. The number of nitrogens with zero attached hydrogens (tertiary/aromatic N) is 3. The molecule has 1 N–H and O–H groups in total. The van der Waals surface area contributed by atoms with Crippen molar-refractivity contribution < 1.29 is 19.1 Å². The molecular weight excluding hydrogens is 312 g/mol. The summed E-state index contributed by atoms with van der Waals surface area (Å²) in [5, 5.41) is 19.9. The summed E-state index contributed by atoms with van der Waals surface area (Å²) in [5.41, 5.74) is -1.42. The second-order valence-corrected chi connectivity index (χ2v) is 6.79. The minimum Gasteiger partial charge on any atom is -0.444 e. The third-order valence-corrected chi connectivity index (χ3v) is 2.77. The first-order valence-electron chi connectivity index (χ1n) is 7.69. The summed E-state index contributed by atoms with van der Waals surface area (Å²) in [6, 6.07) is 3.88. The molecule has 24 heavy (non-hydrogen) atoms. The maximum atomic E-state index is 11.9. The smallest absolute Gasteiger partial charge is 0.411 e. The zero-order chi connectivity index (χ0) is 18.8. The number of nitrogens with one attached hydrogen (secondary N) is 1. The van der Waals surface area contributed by atoms with Gasteiger partial charge in [0, 0.05) is 19.5 Å². The van der Waals surface area contributed by atoms with E-state index in [2.05, 4.69) is 5.32 Å². The van der Waals surface area contributed by atoms with Gasteiger partial charge in [0.1, 0.15) is 17.7 Å². The molecule has 0 aliphatic rings. The lowest BCUT2D eigenvalue weighted by Gasteiger charge is -2.26. The number of hydrogen-bond donors (Lipinski definition) is 1. The van der Waals surface area contributed by atoms with Crippen molar-refractivity contribution in [1.29, 1.82) is 10.5 Å². The topological polar surface area (TPSA) is 115 Å². The summed E-state index contributed by atoms with van der Waals surface area (Å²) in [6.45, 7) is 8.72. The number of ether oxygens (including phenoxy) is 2. The SMILES string of the molecule is CC(C)(C)OC(=O)N(CC#N)CCNC(=O)OC(C)(C)CCC#N. The fourth-order valence-electron chi connectivity index (χ4n) is 1.63. The Labute approximate surface area is 143 Å². The highest BCUT2D eigenvalue weighted by molar-refractivity contribution is 5.69. The molecule has 0 unspecified atom stereocenters. The predicted molar refractivity (Wildman–Crippen MR) is 86.8 cm³/mol. The van der Waals surface area contributed by atoms with E-state index in [1.165, 1.54) is 4.90 Å². The van der Waals surface area contributed by atoms with Crippen LogP contribution in [0.15, 0.2) is 0 Å². The van der Waals surface area contributed by atoms with Crippen LogP contribution in [0.25, 0.3) is 0 Å². The van der Waals surface area contributed by atoms with Crippen molar-refractivity contribution in [3.05, 3.63) is 0 Å². The van der Waals surface area contributed by atoms with Crippen LogP contribution in [0, 0.1) is 22.7 Å². The van der Waals surface area contributed by atoms with Gasteiger partial charge in [-0.2, -0.15) is 10.5 Å². The lowest BCUT2D eigenvalue weighted by molar-refractivity contribution is 0.0243. The van der Waals surface area contributed by atoms with E-state index >= 15 is 0 Å². The van der Waals surface area contributed by atoms with Gasteiger partial charge in [0.05, 0.1) is 12.1 Å². The average Bonchev–Trinajstić information content (AvgIpc) is 2.41. The summed E-state index contributed by atoms with van der Waals surface area (Å²) >= 11 is 0. The summed E-state index contributed by atoms with van der Waals surface area (Å²) in [4.78, 5) is 24.9. The molecule has 0 saturated heterocycles. The fraction of sp³-hybridized carbons (Fsp3) is 0.750. The number of amides is 2. The molecule has 0 radical (unpaired) electrons. The van der Waals surface area contributed by atoms with Gasteiger partial charge in [0.15, 0.2) is 0 Å². The summed E-state index contributed by atoms with van der Waals surface area (Å²) in [5.74, 6) is 0. The fourth-order valence-corrected chi connectivity index (χ4v) is 1.63. The van der Waals surface area contributed by atoms with Gasteiger partial charge < -0.3 is 14.8 Å². The van der Waals surface area contributed by atoms with Gasteiger partial charge in [-0.3, -0.25) is 4.90 Å². The third kappa shape index (κ3) is 10.3. The molecule has 0 rings (SSSR count). The van der Waals surface area contributed by atoms with E-state index in [4.69, 9.17) is 20.0 Å². The van der Waals surface area contributed by atoms with Gasteiger partial charge in [0.2, 0.25) is 0 Å². The molecule has 0 aromatic rings. The Balaban J connectivity index is 4.38. The average molecular weight is 338 g/mol. The number of carbonyl (C=O) groups excluding carboxylic acids is 2. The van der Waals surface area contributed by atoms with E-state index in [0.29, 0.717) is 6.42 Å². The largest absolute Gasteiger partial charge is 0.444 e. The summed E-state index contributed by atoms with van der Waals surface area (Å²) < 4.78 is 10.4. The van der Waals surface area contributed by atoms with Crippen LogP contribution in [0.2, 0.25) is 0 Å². The van der Waals surface area contributed by atoms with Gasteiger partial charge in [0.25, 0.3) is 0 Å². The number of rotatable bonds is 7. The van der Waals surface area contributed by atoms with Gasteiger partial charge >= 0.3 is 12.2 Å². The molecule has 0 heterocycles. The summed E-state index contributed by atoms with van der Waals surface area (Å²) in [6.07, 6.45) is -0.544. The number of carbonyl (C=O) groups is 2. The maximum absolute atomic E-state index is 11.9. The van der Waals surface area contributed by atoms with Crippen molar-refractivity contribution in [2.45, 2.75) is 58.7 Å². The third-order valence-electron chi connectivity index (χ3n) is 2.77.